The van der Waals surface area contributed by atoms with Gasteiger partial charge < -0.3 is 20.8 Å². The minimum atomic E-state index is -1.30. The van der Waals surface area contributed by atoms with E-state index >= 15 is 0 Å². The molecular formula is C39H48N2O4. The fourth-order valence-electron chi connectivity index (χ4n) is 7.25. The highest BCUT2D eigenvalue weighted by Crippen LogP contribution is 2.41. The Morgan fingerprint density at radius 1 is 0.711 bits per heavy atom. The van der Waals surface area contributed by atoms with Crippen molar-refractivity contribution in [3.8, 4) is 0 Å². The third-order valence-electron chi connectivity index (χ3n) is 10.4. The zero-order valence-corrected chi connectivity index (χ0v) is 26.8. The van der Waals surface area contributed by atoms with Gasteiger partial charge in [0.2, 0.25) is 11.8 Å². The van der Waals surface area contributed by atoms with E-state index in [9.17, 15) is 19.8 Å². The van der Waals surface area contributed by atoms with Gasteiger partial charge in [-0.05, 0) is 84.0 Å². The van der Waals surface area contributed by atoms with E-state index in [1.54, 1.807) is 4.90 Å². The molecule has 0 aromatic heterocycles. The summed E-state index contributed by atoms with van der Waals surface area (Å²) in [5, 5.41) is 28.7. The molecule has 0 spiro atoms. The van der Waals surface area contributed by atoms with Crippen LogP contribution in [0.2, 0.25) is 0 Å². The van der Waals surface area contributed by atoms with Crippen molar-refractivity contribution >= 4 is 33.4 Å². The summed E-state index contributed by atoms with van der Waals surface area (Å²) in [4.78, 5) is 28.8. The van der Waals surface area contributed by atoms with E-state index in [4.69, 9.17) is 5.73 Å². The third-order valence-corrected chi connectivity index (χ3v) is 10.4. The van der Waals surface area contributed by atoms with Crippen LogP contribution in [0.1, 0.15) is 76.3 Å². The summed E-state index contributed by atoms with van der Waals surface area (Å²) in [6.45, 7) is 3.91. The van der Waals surface area contributed by atoms with Crippen LogP contribution in [0.25, 0.3) is 21.5 Å². The first kappa shape index (κ1) is 32.6. The first-order valence-electron chi connectivity index (χ1n) is 16.6. The molecule has 2 atom stereocenters. The highest BCUT2D eigenvalue weighted by Gasteiger charge is 2.50. The monoisotopic (exact) mass is 608 g/mol. The molecule has 4 aromatic rings. The third kappa shape index (κ3) is 7.08. The van der Waals surface area contributed by atoms with Crippen LogP contribution in [0.3, 0.4) is 0 Å². The topological polar surface area (TPSA) is 104 Å². The molecule has 0 bridgehead atoms. The number of carbonyl (C=O) groups excluding carboxylic acids is 2. The maximum Gasteiger partial charge on any atom is 0.238 e. The summed E-state index contributed by atoms with van der Waals surface area (Å²) in [6, 6.07) is 28.9. The average Bonchev–Trinajstić information content (AvgIpc) is 3.57. The SMILES string of the molecule is CCC(O)(CCc1cccc2ccccc12)CN(CC(O)(CC)CCc1cccc2ccccc12)C(=O)C1(C(N)=O)CCCC1. The van der Waals surface area contributed by atoms with Crippen molar-refractivity contribution in [1.82, 2.24) is 4.90 Å². The number of amides is 2. The Bertz CT molecular complexity index is 1530. The summed E-state index contributed by atoms with van der Waals surface area (Å²) in [6.07, 6.45) is 5.29. The van der Waals surface area contributed by atoms with Crippen molar-refractivity contribution in [2.24, 2.45) is 11.1 Å². The van der Waals surface area contributed by atoms with E-state index in [0.717, 1.165) is 45.5 Å². The molecule has 4 aromatic carbocycles. The minimum Gasteiger partial charge on any atom is -0.388 e. The smallest absolute Gasteiger partial charge is 0.238 e. The van der Waals surface area contributed by atoms with Gasteiger partial charge in [-0.15, -0.1) is 0 Å². The number of nitrogens with zero attached hydrogens (tertiary/aromatic N) is 1. The Hall–Kier alpha value is -3.74. The number of hydrogen-bond donors (Lipinski definition) is 3. The zero-order chi connectivity index (χ0) is 32.1. The van der Waals surface area contributed by atoms with Crippen molar-refractivity contribution < 1.29 is 19.8 Å². The molecule has 5 rings (SSSR count). The number of nitrogens with two attached hydrogens (primary N) is 1. The van der Waals surface area contributed by atoms with Gasteiger partial charge in [0.25, 0.3) is 0 Å². The molecule has 6 heteroatoms. The van der Waals surface area contributed by atoms with E-state index in [1.807, 2.05) is 50.2 Å². The first-order chi connectivity index (χ1) is 21.6. The molecule has 1 aliphatic carbocycles. The van der Waals surface area contributed by atoms with Crippen molar-refractivity contribution in [3.63, 3.8) is 0 Å². The van der Waals surface area contributed by atoms with Crippen LogP contribution >= 0.6 is 0 Å². The highest BCUT2D eigenvalue weighted by molar-refractivity contribution is 6.04. The average molecular weight is 609 g/mol. The normalized spacial score (nSPS) is 17.2. The quantitative estimate of drug-likeness (QED) is 0.138. The van der Waals surface area contributed by atoms with Gasteiger partial charge in [0.1, 0.15) is 5.41 Å². The van der Waals surface area contributed by atoms with Crippen LogP contribution < -0.4 is 5.73 Å². The Labute approximate surface area is 267 Å². The molecule has 0 heterocycles. The summed E-state index contributed by atoms with van der Waals surface area (Å²) in [7, 11) is 0. The van der Waals surface area contributed by atoms with Crippen LogP contribution in [0.15, 0.2) is 84.9 Å². The molecule has 238 valence electrons. The summed E-state index contributed by atoms with van der Waals surface area (Å²) in [5.74, 6) is -0.969. The molecule has 6 nitrogen and oxygen atoms in total. The van der Waals surface area contributed by atoms with Gasteiger partial charge in [0.05, 0.1) is 11.2 Å². The van der Waals surface area contributed by atoms with E-state index in [2.05, 4.69) is 48.5 Å². The maximum atomic E-state index is 14.4. The Kier molecular flexibility index (Phi) is 9.95. The zero-order valence-electron chi connectivity index (χ0n) is 26.8. The van der Waals surface area contributed by atoms with Crippen LogP contribution in [0.5, 0.6) is 0 Å². The fourth-order valence-corrected chi connectivity index (χ4v) is 7.25. The fraction of sp³-hybridized carbons (Fsp3) is 0.436. The Morgan fingerprint density at radius 2 is 1.13 bits per heavy atom. The Morgan fingerprint density at radius 3 is 1.56 bits per heavy atom. The largest absolute Gasteiger partial charge is 0.388 e. The number of rotatable bonds is 14. The van der Waals surface area contributed by atoms with Crippen molar-refractivity contribution in [3.05, 3.63) is 96.1 Å². The number of carbonyl (C=O) groups is 2. The molecule has 45 heavy (non-hydrogen) atoms. The number of benzene rings is 4. The van der Waals surface area contributed by atoms with Crippen LogP contribution in [0.4, 0.5) is 0 Å². The number of aliphatic hydroxyl groups is 2. The highest BCUT2D eigenvalue weighted by atomic mass is 16.3. The van der Waals surface area contributed by atoms with Gasteiger partial charge in [-0.3, -0.25) is 9.59 Å². The molecule has 4 N–H and O–H groups in total. The van der Waals surface area contributed by atoms with Gasteiger partial charge in [-0.1, -0.05) is 112 Å². The molecule has 1 saturated carbocycles. The Balaban J connectivity index is 1.41. The second-order valence-electron chi connectivity index (χ2n) is 13.2. The van der Waals surface area contributed by atoms with Gasteiger partial charge in [0, 0.05) is 13.1 Å². The lowest BCUT2D eigenvalue weighted by Gasteiger charge is -2.42. The lowest BCUT2D eigenvalue weighted by atomic mass is 9.81. The standard InChI is InChI=1S/C39H48N2O4/c1-3-37(44,25-21-31-17-11-15-29-13-5-7-19-33(29)31)27-41(36(43)39(35(40)42)23-9-10-24-39)28-38(45,4-2)26-22-32-18-12-16-30-14-6-8-20-34(30)32/h5-8,11-20,44-45H,3-4,9-10,21-28H2,1-2H3,(H2,40,42). The van der Waals surface area contributed by atoms with E-state index < -0.39 is 22.5 Å². The summed E-state index contributed by atoms with van der Waals surface area (Å²) >= 11 is 0. The van der Waals surface area contributed by atoms with Gasteiger partial charge in [-0.25, -0.2) is 0 Å². The van der Waals surface area contributed by atoms with Gasteiger partial charge >= 0.3 is 0 Å². The van der Waals surface area contributed by atoms with E-state index in [-0.39, 0.29) is 19.0 Å². The van der Waals surface area contributed by atoms with Crippen molar-refractivity contribution in [2.45, 2.75) is 89.3 Å². The molecule has 1 fully saturated rings. The predicted octanol–water partition coefficient (Wildman–Crippen LogP) is 6.71. The molecular weight excluding hydrogens is 560 g/mol. The summed E-state index contributed by atoms with van der Waals surface area (Å²) < 4.78 is 0. The number of fused-ring (bicyclic) bond motifs is 2. The lowest BCUT2D eigenvalue weighted by Crippen LogP contribution is -2.58. The second-order valence-corrected chi connectivity index (χ2v) is 13.2. The first-order valence-corrected chi connectivity index (χ1v) is 16.6. The molecule has 0 aliphatic heterocycles. The predicted molar refractivity (Wildman–Crippen MR) is 182 cm³/mol. The molecule has 2 amide bonds. The van der Waals surface area contributed by atoms with E-state index in [0.29, 0.717) is 51.4 Å². The summed E-state index contributed by atoms with van der Waals surface area (Å²) in [5.41, 5.74) is 4.48. The van der Waals surface area contributed by atoms with Crippen molar-refractivity contribution in [2.75, 3.05) is 13.1 Å². The van der Waals surface area contributed by atoms with Crippen LogP contribution in [0, 0.1) is 5.41 Å². The van der Waals surface area contributed by atoms with Crippen molar-refractivity contribution in [1.29, 1.82) is 0 Å². The van der Waals surface area contributed by atoms with Gasteiger partial charge in [0.15, 0.2) is 0 Å². The molecule has 1 aliphatic rings. The minimum absolute atomic E-state index is 0.0265. The lowest BCUT2D eigenvalue weighted by molar-refractivity contribution is -0.156. The molecule has 0 radical (unpaired) electrons. The maximum absolute atomic E-state index is 14.4. The molecule has 2 unspecified atom stereocenters. The van der Waals surface area contributed by atoms with Gasteiger partial charge in [-0.2, -0.15) is 0 Å². The number of aryl methyl sites for hydroxylation is 2. The van der Waals surface area contributed by atoms with E-state index in [1.165, 1.54) is 0 Å². The number of primary amides is 1. The van der Waals surface area contributed by atoms with Crippen LogP contribution in [-0.4, -0.2) is 51.2 Å². The van der Waals surface area contributed by atoms with Crippen LogP contribution in [-0.2, 0) is 22.4 Å². The molecule has 0 saturated heterocycles. The number of hydrogen-bond acceptors (Lipinski definition) is 4. The second kappa shape index (κ2) is 13.7.